The number of allylic oxidation sites excluding steroid dienone is 2. The Labute approximate surface area is 358 Å². The Bertz CT molecular complexity index is 2750. The van der Waals surface area contributed by atoms with Crippen molar-refractivity contribution in [2.75, 3.05) is 49.4 Å². The Morgan fingerprint density at radius 2 is 1.55 bits per heavy atom. The average Bonchev–Trinajstić information content (AvgIpc) is 3.42. The number of benzene rings is 3. The Kier molecular flexibility index (Phi) is 11.8. The number of ether oxygens (including phenoxy) is 3. The van der Waals surface area contributed by atoms with Crippen LogP contribution in [0.1, 0.15) is 53.5 Å². The van der Waals surface area contributed by atoms with Gasteiger partial charge in [-0.15, -0.1) is 0 Å². The first-order valence-corrected chi connectivity index (χ1v) is 20.8. The molecule has 16 heteroatoms. The number of anilines is 3. The molecule has 1 amide bonds. The van der Waals surface area contributed by atoms with Crippen molar-refractivity contribution in [3.05, 3.63) is 73.4 Å². The molecule has 0 aliphatic carbocycles. The number of carbonyl (C=O) groups is 1. The minimum atomic E-state index is -1.95. The van der Waals surface area contributed by atoms with E-state index in [1.165, 1.54) is 52.4 Å². The summed E-state index contributed by atoms with van der Waals surface area (Å²) in [7, 11) is 5.16. The van der Waals surface area contributed by atoms with Crippen molar-refractivity contribution in [2.45, 2.75) is 85.1 Å². The number of aromatic nitrogens is 1. The van der Waals surface area contributed by atoms with E-state index in [-0.39, 0.29) is 60.8 Å². The van der Waals surface area contributed by atoms with Crippen LogP contribution < -0.4 is 35.9 Å². The molecule has 7 rings (SSSR count). The molecule has 3 aromatic carbocycles. The molecule has 0 spiro atoms. The molecule has 0 saturated carbocycles. The predicted octanol–water partition coefficient (Wildman–Crippen LogP) is 4.27. The Morgan fingerprint density at radius 1 is 0.887 bits per heavy atom. The van der Waals surface area contributed by atoms with Gasteiger partial charge in [-0.05, 0) is 26.3 Å². The zero-order chi connectivity index (χ0) is 45.3. The van der Waals surface area contributed by atoms with Crippen LogP contribution >= 0.6 is 0 Å². The second-order valence-corrected chi connectivity index (χ2v) is 17.3. The number of carbonyl (C=O) groups excluding carboxylic acids is 1. The van der Waals surface area contributed by atoms with Crippen LogP contribution in [0.5, 0.6) is 11.5 Å². The highest BCUT2D eigenvalue weighted by Gasteiger charge is 2.44. The van der Waals surface area contributed by atoms with Gasteiger partial charge < -0.3 is 59.3 Å². The zero-order valence-corrected chi connectivity index (χ0v) is 36.6. The van der Waals surface area contributed by atoms with Gasteiger partial charge in [0, 0.05) is 87.5 Å². The Morgan fingerprint density at radius 3 is 2.24 bits per heavy atom. The lowest BCUT2D eigenvalue weighted by Gasteiger charge is -2.36. The maximum Gasteiger partial charge on any atom is 0.307 e. The molecule has 3 aliphatic heterocycles. The van der Waals surface area contributed by atoms with E-state index in [0.29, 0.717) is 24.5 Å². The smallest absolute Gasteiger partial charge is 0.307 e. The highest BCUT2D eigenvalue weighted by molar-refractivity contribution is 6.17. The van der Waals surface area contributed by atoms with Gasteiger partial charge in [-0.1, -0.05) is 45.9 Å². The minimum absolute atomic E-state index is 0.0371. The summed E-state index contributed by atoms with van der Waals surface area (Å²) in [6, 6.07) is 1.47. The fourth-order valence-electron chi connectivity index (χ4n) is 8.96. The first kappa shape index (κ1) is 44.4. The number of aliphatic hydroxyl groups excluding tert-OH is 4. The van der Waals surface area contributed by atoms with Crippen LogP contribution in [0.2, 0.25) is 0 Å². The van der Waals surface area contributed by atoms with Crippen LogP contribution in [-0.4, -0.2) is 101 Å². The summed E-state index contributed by atoms with van der Waals surface area (Å²) in [5.74, 6) is -6.21. The van der Waals surface area contributed by atoms with Crippen LogP contribution in [0, 0.1) is 30.6 Å². The third kappa shape index (κ3) is 7.21. The van der Waals surface area contributed by atoms with Gasteiger partial charge >= 0.3 is 5.79 Å². The van der Waals surface area contributed by atoms with Gasteiger partial charge in [0.25, 0.3) is 5.91 Å². The topological polar surface area (TPSA) is 225 Å². The molecule has 9 atom stereocenters. The predicted molar refractivity (Wildman–Crippen MR) is 237 cm³/mol. The number of nitrogens with one attached hydrogen (secondary N) is 1. The van der Waals surface area contributed by atoms with Crippen molar-refractivity contribution < 1.29 is 49.0 Å². The van der Waals surface area contributed by atoms with Crippen molar-refractivity contribution in [1.29, 1.82) is 0 Å². The molecule has 62 heavy (non-hydrogen) atoms. The second kappa shape index (κ2) is 16.5. The molecule has 3 aliphatic rings. The number of hydrogen-bond donors (Lipinski definition) is 6. The van der Waals surface area contributed by atoms with E-state index in [4.69, 9.17) is 23.6 Å². The maximum atomic E-state index is 14.9. The largest absolute Gasteiger partial charge is 0.507 e. The number of rotatable bonds is 1. The third-order valence-corrected chi connectivity index (χ3v) is 13.1. The highest BCUT2D eigenvalue weighted by Crippen LogP contribution is 2.44. The fourth-order valence-corrected chi connectivity index (χ4v) is 8.96. The Balaban J connectivity index is 1.54. The molecule has 0 unspecified atom stereocenters. The third-order valence-electron chi connectivity index (χ3n) is 13.1. The number of fused-ring (bicyclic) bond motifs is 4. The van der Waals surface area contributed by atoms with E-state index >= 15 is 0 Å². The van der Waals surface area contributed by atoms with Crippen LogP contribution in [0.15, 0.2) is 56.2 Å². The van der Waals surface area contributed by atoms with Crippen LogP contribution in [0.25, 0.3) is 38.7 Å². The molecule has 16 nitrogen and oxygen atoms in total. The highest BCUT2D eigenvalue weighted by atomic mass is 16.7. The number of amides is 1. The van der Waals surface area contributed by atoms with Gasteiger partial charge in [0.1, 0.15) is 28.4 Å². The van der Waals surface area contributed by atoms with Gasteiger partial charge in [-0.3, -0.25) is 14.4 Å². The van der Waals surface area contributed by atoms with Gasteiger partial charge in [0.2, 0.25) is 10.9 Å². The number of hydrogen-bond acceptors (Lipinski definition) is 15. The summed E-state index contributed by atoms with van der Waals surface area (Å²) in [6.07, 6.45) is 4.25. The summed E-state index contributed by atoms with van der Waals surface area (Å²) in [5, 5.41) is 60.2. The lowest BCUT2D eigenvalue weighted by Crippen LogP contribution is -2.44. The monoisotopic (exact) mass is 856 g/mol. The quantitative estimate of drug-likeness (QED) is 0.116. The number of nitrogens with zero attached hydrogens (tertiary/aromatic N) is 3. The number of methoxy groups -OCH3 is 1. The van der Waals surface area contributed by atoms with Crippen molar-refractivity contribution >= 4 is 61.7 Å². The summed E-state index contributed by atoms with van der Waals surface area (Å²) >= 11 is 0. The van der Waals surface area contributed by atoms with Gasteiger partial charge in [-0.2, -0.15) is 0 Å². The zero-order valence-electron chi connectivity index (χ0n) is 36.6. The minimum Gasteiger partial charge on any atom is -0.507 e. The molecule has 4 bridgehead atoms. The van der Waals surface area contributed by atoms with Crippen molar-refractivity contribution in [2.24, 2.45) is 23.7 Å². The lowest BCUT2D eigenvalue weighted by atomic mass is 9.78. The van der Waals surface area contributed by atoms with Crippen molar-refractivity contribution in [1.82, 2.24) is 4.98 Å². The SMILES string of the molecule is CO[C@H]1/C=C/O[C@@]2(C)Oc3c(C)c(O)c4c(=O)c(c5oc6c7c(cc(=O)c6nc5c4c3=C2O)N(C)CCCN7C)NC(=O)/C(C)=C\C=C\[C@H](C)[C@H](O)[C@@H](C)[C@H](O)[C@H](C)[C@H](O)[C@@H]1C. The molecule has 0 fully saturated rings. The Hall–Kier alpha value is -5.68. The average molecular weight is 857 g/mol. The van der Waals surface area contributed by atoms with E-state index in [1.54, 1.807) is 39.8 Å². The number of aliphatic hydroxyl groups is 4. The normalized spacial score (nSPS) is 30.8. The standard InChI is InChI=1S/C46H56N4O12/c1-20-13-11-14-21(2)45(58)48-34-40(56)30-29(33-42(34)61-43-32(47-33)27(51)19-26-35(43)50(9)17-12-16-49(26)8)31-41(25(6)39(30)55)62-46(7,44(31)57)60-18-15-28(59-10)22(3)37(53)24(5)38(54)23(4)36(20)52/h11,13-15,18-20,22-24,28,36-38,52-55,57H,12,16-17H2,1-10H3,(H,48,58)/b13-11+,18-15+,21-14-/t20-,22+,23+,24+,28-,36-,37+,38-,46-/m0/s1. The molecule has 332 valence electrons. The van der Waals surface area contributed by atoms with Gasteiger partial charge in [-0.25, -0.2) is 4.98 Å². The van der Waals surface area contributed by atoms with E-state index in [1.807, 2.05) is 23.9 Å². The van der Waals surface area contributed by atoms with E-state index in [9.17, 15) is 39.9 Å². The number of phenols is 1. The van der Waals surface area contributed by atoms with Gasteiger partial charge in [0.05, 0.1) is 47.0 Å². The second-order valence-electron chi connectivity index (χ2n) is 17.3. The summed E-state index contributed by atoms with van der Waals surface area (Å²) < 4.78 is 24.7. The van der Waals surface area contributed by atoms with E-state index in [2.05, 4.69) is 5.32 Å². The van der Waals surface area contributed by atoms with Crippen molar-refractivity contribution in [3.8, 4) is 11.5 Å². The van der Waals surface area contributed by atoms with Crippen LogP contribution in [0.4, 0.5) is 17.1 Å². The van der Waals surface area contributed by atoms with Crippen molar-refractivity contribution in [3.63, 3.8) is 0 Å². The van der Waals surface area contributed by atoms with Crippen LogP contribution in [0.3, 0.4) is 0 Å². The fraction of sp³-hybridized carbons (Fsp3) is 0.478. The first-order valence-electron chi connectivity index (χ1n) is 20.8. The van der Waals surface area contributed by atoms with Crippen LogP contribution in [-0.2, 0) is 14.3 Å². The molecular weight excluding hydrogens is 801 g/mol. The molecule has 0 radical (unpaired) electrons. The van der Waals surface area contributed by atoms with E-state index in [0.717, 1.165) is 6.42 Å². The molecule has 4 heterocycles. The summed E-state index contributed by atoms with van der Waals surface area (Å²) in [6.45, 7) is 12.6. The lowest BCUT2D eigenvalue weighted by molar-refractivity contribution is -0.112. The number of aromatic hydroxyl groups is 1. The van der Waals surface area contributed by atoms with Gasteiger partial charge in [0.15, 0.2) is 22.4 Å². The molecular formula is C46H56N4O12. The van der Waals surface area contributed by atoms with E-state index < -0.39 is 82.1 Å². The molecule has 0 saturated heterocycles. The number of phenolic OH excluding ortho intramolecular Hbond substituents is 1. The molecule has 4 aromatic rings. The maximum absolute atomic E-state index is 14.9. The molecule has 1 aromatic heterocycles. The first-order chi connectivity index (χ1) is 29.2. The molecule has 6 N–H and O–H groups in total. The summed E-state index contributed by atoms with van der Waals surface area (Å²) in [4.78, 5) is 51.5. The summed E-state index contributed by atoms with van der Waals surface area (Å²) in [5.41, 5.74) is -0.741.